The third-order valence-corrected chi connectivity index (χ3v) is 6.37. The maximum Gasteiger partial charge on any atom is 0.282 e. The fourth-order valence-electron chi connectivity index (χ4n) is 4.30. The van der Waals surface area contributed by atoms with Gasteiger partial charge in [0.1, 0.15) is 5.70 Å². The number of carbonyl (C=O) groups excluding carboxylic acids is 2. The zero-order valence-corrected chi connectivity index (χ0v) is 20.0. The first-order valence-corrected chi connectivity index (χ1v) is 11.4. The van der Waals surface area contributed by atoms with Gasteiger partial charge in [0.05, 0.1) is 11.3 Å². The number of benzene rings is 3. The van der Waals surface area contributed by atoms with Crippen molar-refractivity contribution in [3.8, 4) is 0 Å². The van der Waals surface area contributed by atoms with Crippen molar-refractivity contribution < 1.29 is 9.59 Å². The van der Waals surface area contributed by atoms with Crippen LogP contribution in [0.5, 0.6) is 0 Å². The Balaban J connectivity index is 1.88. The predicted molar refractivity (Wildman–Crippen MR) is 134 cm³/mol. The van der Waals surface area contributed by atoms with Gasteiger partial charge >= 0.3 is 0 Å². The van der Waals surface area contributed by atoms with E-state index in [1.165, 1.54) is 4.90 Å². The van der Waals surface area contributed by atoms with Crippen LogP contribution in [0.1, 0.15) is 40.3 Å². The summed E-state index contributed by atoms with van der Waals surface area (Å²) in [6.07, 6.45) is 0. The lowest BCUT2D eigenvalue weighted by Crippen LogP contribution is -2.35. The summed E-state index contributed by atoms with van der Waals surface area (Å²) in [4.78, 5) is 31.2. The topological polar surface area (TPSA) is 40.6 Å². The summed E-state index contributed by atoms with van der Waals surface area (Å²) in [7, 11) is 0. The van der Waals surface area contributed by atoms with Crippen molar-refractivity contribution in [2.45, 2.75) is 41.2 Å². The van der Waals surface area contributed by atoms with E-state index >= 15 is 0 Å². The van der Waals surface area contributed by atoms with E-state index in [2.05, 4.69) is 0 Å². The Hall–Kier alpha value is -3.66. The van der Waals surface area contributed by atoms with Gasteiger partial charge in [-0.1, -0.05) is 60.7 Å². The Morgan fingerprint density at radius 3 is 2.12 bits per heavy atom. The van der Waals surface area contributed by atoms with E-state index in [0.717, 1.165) is 33.4 Å². The molecule has 168 valence electrons. The highest BCUT2D eigenvalue weighted by atomic mass is 16.2. The van der Waals surface area contributed by atoms with Crippen LogP contribution in [-0.4, -0.2) is 23.3 Å². The van der Waals surface area contributed by atoms with Crippen molar-refractivity contribution in [1.82, 2.24) is 4.90 Å². The Kier molecular flexibility index (Phi) is 6.19. The van der Waals surface area contributed by atoms with Gasteiger partial charge in [-0.15, -0.1) is 0 Å². The molecule has 0 unspecified atom stereocenters. The van der Waals surface area contributed by atoms with Gasteiger partial charge in [-0.25, -0.2) is 4.90 Å². The van der Waals surface area contributed by atoms with Crippen LogP contribution in [0.2, 0.25) is 0 Å². The number of hydrogen-bond acceptors (Lipinski definition) is 3. The van der Waals surface area contributed by atoms with Gasteiger partial charge < -0.3 is 4.90 Å². The molecule has 4 rings (SSSR count). The Bertz CT molecular complexity index is 1260. The maximum absolute atomic E-state index is 13.9. The molecular formula is C29H30N2O2. The summed E-state index contributed by atoms with van der Waals surface area (Å²) in [6.45, 7) is 11.2. The number of hydrogen-bond donors (Lipinski definition) is 0. The van der Waals surface area contributed by atoms with E-state index in [9.17, 15) is 9.59 Å². The highest BCUT2D eigenvalue weighted by molar-refractivity contribution is 6.45. The van der Waals surface area contributed by atoms with E-state index < -0.39 is 0 Å². The third-order valence-electron chi connectivity index (χ3n) is 6.37. The molecule has 1 heterocycles. The van der Waals surface area contributed by atoms with E-state index in [0.29, 0.717) is 30.0 Å². The Morgan fingerprint density at radius 1 is 0.758 bits per heavy atom. The van der Waals surface area contributed by atoms with Crippen molar-refractivity contribution in [3.63, 3.8) is 0 Å². The van der Waals surface area contributed by atoms with Crippen LogP contribution < -0.4 is 4.90 Å². The molecule has 3 aromatic rings. The third kappa shape index (κ3) is 4.21. The number of aryl methyl sites for hydroxylation is 4. The van der Waals surface area contributed by atoms with E-state index in [1.807, 2.05) is 106 Å². The number of anilines is 1. The standard InChI is InChI=1S/C29H30N2O2/c1-6-30(18-23-10-8-7-9-11-23)27-26(24-15-14-20(3)22(5)17-24)28(32)31(29(27)33)25-16-19(2)12-13-21(25)4/h7-17H,6,18H2,1-5H3. The molecule has 33 heavy (non-hydrogen) atoms. The van der Waals surface area contributed by atoms with Crippen LogP contribution in [0.4, 0.5) is 5.69 Å². The number of nitrogens with zero attached hydrogens (tertiary/aromatic N) is 2. The second-order valence-electron chi connectivity index (χ2n) is 8.76. The van der Waals surface area contributed by atoms with Crippen molar-refractivity contribution in [1.29, 1.82) is 0 Å². The normalized spacial score (nSPS) is 13.8. The van der Waals surface area contributed by atoms with Crippen molar-refractivity contribution in [2.75, 3.05) is 11.4 Å². The summed E-state index contributed by atoms with van der Waals surface area (Å²) < 4.78 is 0. The molecule has 3 aromatic carbocycles. The monoisotopic (exact) mass is 438 g/mol. The molecule has 1 aliphatic rings. The average Bonchev–Trinajstić information content (AvgIpc) is 3.06. The second-order valence-corrected chi connectivity index (χ2v) is 8.76. The molecule has 0 fully saturated rings. The minimum atomic E-state index is -0.265. The largest absolute Gasteiger partial charge is 0.362 e. The van der Waals surface area contributed by atoms with Gasteiger partial charge in [0.15, 0.2) is 0 Å². The quantitative estimate of drug-likeness (QED) is 0.462. The van der Waals surface area contributed by atoms with Crippen LogP contribution in [-0.2, 0) is 16.1 Å². The molecule has 2 amide bonds. The van der Waals surface area contributed by atoms with Crippen molar-refractivity contribution >= 4 is 23.1 Å². The first-order chi connectivity index (χ1) is 15.8. The molecule has 0 N–H and O–H groups in total. The minimum absolute atomic E-state index is 0.264. The summed E-state index contributed by atoms with van der Waals surface area (Å²) in [5.74, 6) is -0.529. The van der Waals surface area contributed by atoms with E-state index in [-0.39, 0.29) is 11.8 Å². The molecular weight excluding hydrogens is 408 g/mol. The molecule has 1 aliphatic heterocycles. The molecule has 0 bridgehead atoms. The Morgan fingerprint density at radius 2 is 1.45 bits per heavy atom. The number of imide groups is 1. The summed E-state index contributed by atoms with van der Waals surface area (Å²) >= 11 is 0. The number of amides is 2. The van der Waals surface area contributed by atoms with Crippen LogP contribution in [0, 0.1) is 27.7 Å². The van der Waals surface area contributed by atoms with Gasteiger partial charge in [-0.3, -0.25) is 9.59 Å². The zero-order chi connectivity index (χ0) is 23.7. The molecule has 0 radical (unpaired) electrons. The smallest absolute Gasteiger partial charge is 0.282 e. The lowest BCUT2D eigenvalue weighted by molar-refractivity contribution is -0.120. The number of carbonyl (C=O) groups is 2. The first-order valence-electron chi connectivity index (χ1n) is 11.4. The minimum Gasteiger partial charge on any atom is -0.362 e. The lowest BCUT2D eigenvalue weighted by atomic mass is 9.99. The molecule has 0 spiro atoms. The fourth-order valence-corrected chi connectivity index (χ4v) is 4.30. The first kappa shape index (κ1) is 22.5. The molecule has 0 aromatic heterocycles. The predicted octanol–water partition coefficient (Wildman–Crippen LogP) is 5.73. The van der Waals surface area contributed by atoms with E-state index in [4.69, 9.17) is 0 Å². The van der Waals surface area contributed by atoms with Crippen molar-refractivity contribution in [2.24, 2.45) is 0 Å². The van der Waals surface area contributed by atoms with Gasteiger partial charge in [0.25, 0.3) is 11.8 Å². The molecule has 0 atom stereocenters. The van der Waals surface area contributed by atoms with Crippen LogP contribution in [0.25, 0.3) is 5.57 Å². The summed E-state index contributed by atoms with van der Waals surface area (Å²) in [5.41, 5.74) is 7.62. The van der Waals surface area contributed by atoms with Gasteiger partial charge in [-0.05, 0) is 74.1 Å². The number of rotatable bonds is 6. The molecule has 4 heteroatoms. The van der Waals surface area contributed by atoms with Crippen LogP contribution in [0.3, 0.4) is 0 Å². The molecule has 0 saturated carbocycles. The van der Waals surface area contributed by atoms with Crippen LogP contribution >= 0.6 is 0 Å². The second kappa shape index (κ2) is 9.07. The summed E-state index contributed by atoms with van der Waals surface area (Å²) in [6, 6.07) is 21.9. The molecule has 4 nitrogen and oxygen atoms in total. The Labute approximate surface area is 196 Å². The van der Waals surface area contributed by atoms with E-state index in [1.54, 1.807) is 0 Å². The highest BCUT2D eigenvalue weighted by Gasteiger charge is 2.42. The lowest BCUT2D eigenvalue weighted by Gasteiger charge is -2.25. The van der Waals surface area contributed by atoms with Gasteiger partial charge in [0, 0.05) is 13.1 Å². The maximum atomic E-state index is 13.9. The highest BCUT2D eigenvalue weighted by Crippen LogP contribution is 2.37. The van der Waals surface area contributed by atoms with Crippen LogP contribution in [0.15, 0.2) is 72.4 Å². The molecule has 0 aliphatic carbocycles. The van der Waals surface area contributed by atoms with Crippen molar-refractivity contribution in [3.05, 3.63) is 106 Å². The fraction of sp³-hybridized carbons (Fsp3) is 0.241. The molecule has 0 saturated heterocycles. The number of likely N-dealkylation sites (N-methyl/N-ethyl adjacent to an activating group) is 1. The zero-order valence-electron chi connectivity index (χ0n) is 20.0. The SMILES string of the molecule is CCN(Cc1ccccc1)C1=C(c2ccc(C)c(C)c2)C(=O)N(c2cc(C)ccc2C)C1=O. The summed E-state index contributed by atoms with van der Waals surface area (Å²) in [5, 5.41) is 0. The average molecular weight is 439 g/mol. The van der Waals surface area contributed by atoms with Gasteiger partial charge in [0.2, 0.25) is 0 Å². The van der Waals surface area contributed by atoms with Gasteiger partial charge in [-0.2, -0.15) is 0 Å².